The van der Waals surface area contributed by atoms with Crippen molar-refractivity contribution in [1.82, 2.24) is 4.90 Å². The van der Waals surface area contributed by atoms with Gasteiger partial charge >= 0.3 is 6.18 Å². The minimum Gasteiger partial charge on any atom is -0.491 e. The van der Waals surface area contributed by atoms with Gasteiger partial charge in [-0.15, -0.1) is 0 Å². The van der Waals surface area contributed by atoms with Gasteiger partial charge in [-0.2, -0.15) is 13.2 Å². The van der Waals surface area contributed by atoms with Gasteiger partial charge in [-0.05, 0) is 43.7 Å². The fourth-order valence-corrected chi connectivity index (χ4v) is 3.49. The van der Waals surface area contributed by atoms with Crippen molar-refractivity contribution in [3.63, 3.8) is 0 Å². The van der Waals surface area contributed by atoms with Crippen molar-refractivity contribution < 1.29 is 27.8 Å². The summed E-state index contributed by atoms with van der Waals surface area (Å²) in [5.41, 5.74) is 1.12. The molecule has 0 aliphatic carbocycles. The van der Waals surface area contributed by atoms with Gasteiger partial charge in [0.2, 0.25) is 0 Å². The first kappa shape index (κ1) is 21.3. The maximum absolute atomic E-state index is 12.9. The summed E-state index contributed by atoms with van der Waals surface area (Å²) in [5.74, 6) is -0.943. The van der Waals surface area contributed by atoms with Crippen molar-refractivity contribution in [2.45, 2.75) is 25.1 Å². The van der Waals surface area contributed by atoms with Crippen LogP contribution >= 0.6 is 0 Å². The number of halogens is 3. The first-order valence-electron chi connectivity index (χ1n) is 9.62. The summed E-state index contributed by atoms with van der Waals surface area (Å²) in [6.07, 6.45) is -4.48. The molecule has 7 heteroatoms. The van der Waals surface area contributed by atoms with Crippen LogP contribution in [0.15, 0.2) is 54.6 Å². The van der Waals surface area contributed by atoms with Gasteiger partial charge in [0, 0.05) is 24.2 Å². The van der Waals surface area contributed by atoms with E-state index >= 15 is 0 Å². The van der Waals surface area contributed by atoms with Gasteiger partial charge in [-0.25, -0.2) is 0 Å². The van der Waals surface area contributed by atoms with Crippen LogP contribution in [0, 0.1) is 5.92 Å². The van der Waals surface area contributed by atoms with E-state index in [1.807, 2.05) is 6.07 Å². The number of piperidine rings is 1. The van der Waals surface area contributed by atoms with Crippen LogP contribution in [0.3, 0.4) is 0 Å². The highest BCUT2D eigenvalue weighted by Crippen LogP contribution is 2.33. The third-order valence-electron chi connectivity index (χ3n) is 5.03. The van der Waals surface area contributed by atoms with Crippen molar-refractivity contribution >= 4 is 5.78 Å². The van der Waals surface area contributed by atoms with Crippen molar-refractivity contribution in [1.29, 1.82) is 0 Å². The van der Waals surface area contributed by atoms with E-state index in [1.165, 1.54) is 0 Å². The van der Waals surface area contributed by atoms with E-state index in [2.05, 4.69) is 0 Å². The Labute approximate surface area is 167 Å². The van der Waals surface area contributed by atoms with Gasteiger partial charge in [0.25, 0.3) is 0 Å². The molecule has 0 saturated carbocycles. The van der Waals surface area contributed by atoms with Gasteiger partial charge in [0.1, 0.15) is 18.5 Å². The van der Waals surface area contributed by atoms with E-state index in [-0.39, 0.29) is 31.9 Å². The lowest BCUT2D eigenvalue weighted by Crippen LogP contribution is -2.45. The molecule has 2 aromatic carbocycles. The average molecular weight is 407 g/mol. The zero-order valence-electron chi connectivity index (χ0n) is 15.9. The third-order valence-corrected chi connectivity index (χ3v) is 5.03. The van der Waals surface area contributed by atoms with Gasteiger partial charge in [0.15, 0.2) is 5.78 Å². The lowest BCUT2D eigenvalue weighted by molar-refractivity contribution is -0.187. The minimum absolute atomic E-state index is 0.0286. The highest BCUT2D eigenvalue weighted by atomic mass is 19.4. The van der Waals surface area contributed by atoms with Crippen LogP contribution in [0.2, 0.25) is 0 Å². The molecule has 2 aromatic rings. The maximum atomic E-state index is 12.9. The second-order valence-corrected chi connectivity index (χ2v) is 7.32. The van der Waals surface area contributed by atoms with Gasteiger partial charge in [0.05, 0.1) is 5.92 Å². The zero-order valence-corrected chi connectivity index (χ0v) is 15.9. The summed E-state index contributed by atoms with van der Waals surface area (Å²) < 4.78 is 44.2. The molecule has 1 aliphatic heterocycles. The van der Waals surface area contributed by atoms with E-state index < -0.39 is 18.2 Å². The Morgan fingerprint density at radius 1 is 1.10 bits per heavy atom. The standard InChI is InChI=1S/C22H24F3NO3/c23-22(24,25)18-7-4-12-26(13-18)14-19(27)15-29-20-10-8-17(9-11-20)21(28)16-5-2-1-3-6-16/h1-3,5-6,8-11,18-19,27H,4,7,12-15H2/t18-,19+/m0/s1. The molecule has 1 fully saturated rings. The van der Waals surface area contributed by atoms with Crippen LogP contribution in [0.25, 0.3) is 0 Å². The highest BCUT2D eigenvalue weighted by molar-refractivity contribution is 6.08. The van der Waals surface area contributed by atoms with Crippen molar-refractivity contribution in [2.75, 3.05) is 26.2 Å². The molecule has 4 nitrogen and oxygen atoms in total. The monoisotopic (exact) mass is 407 g/mol. The summed E-state index contributed by atoms with van der Waals surface area (Å²) in [5, 5.41) is 10.1. The van der Waals surface area contributed by atoms with Crippen LogP contribution in [-0.2, 0) is 0 Å². The number of carbonyl (C=O) groups excluding carboxylic acids is 1. The number of nitrogens with zero attached hydrogens (tertiary/aromatic N) is 1. The number of β-amino-alcohol motifs (C(OH)–C–C–N with tert-alkyl or cyclic N) is 1. The molecule has 156 valence electrons. The fraction of sp³-hybridized carbons (Fsp3) is 0.409. The highest BCUT2D eigenvalue weighted by Gasteiger charge is 2.41. The number of ether oxygens (including phenoxy) is 1. The molecule has 3 rings (SSSR count). The van der Waals surface area contributed by atoms with Crippen LogP contribution in [0.5, 0.6) is 5.75 Å². The second-order valence-electron chi connectivity index (χ2n) is 7.32. The van der Waals surface area contributed by atoms with Crippen LogP contribution in [0.4, 0.5) is 13.2 Å². The number of hydrogen-bond donors (Lipinski definition) is 1. The molecule has 2 atom stereocenters. The molecule has 1 N–H and O–H groups in total. The molecular weight excluding hydrogens is 383 g/mol. The number of aliphatic hydroxyl groups excluding tert-OH is 1. The number of benzene rings is 2. The molecule has 0 amide bonds. The fourth-order valence-electron chi connectivity index (χ4n) is 3.49. The van der Waals surface area contributed by atoms with Gasteiger partial charge in [-0.1, -0.05) is 30.3 Å². The Balaban J connectivity index is 1.48. The summed E-state index contributed by atoms with van der Waals surface area (Å²) in [4.78, 5) is 14.0. The SMILES string of the molecule is O=C(c1ccccc1)c1ccc(OC[C@H](O)CN2CCC[C@H](C(F)(F)F)C2)cc1. The Kier molecular flexibility index (Phi) is 6.92. The lowest BCUT2D eigenvalue weighted by Gasteiger charge is -2.34. The van der Waals surface area contributed by atoms with E-state index in [4.69, 9.17) is 4.74 Å². The molecule has 1 saturated heterocycles. The lowest BCUT2D eigenvalue weighted by atomic mass is 9.97. The third kappa shape index (κ3) is 6.05. The van der Waals surface area contributed by atoms with E-state index in [0.29, 0.717) is 29.8 Å². The maximum Gasteiger partial charge on any atom is 0.393 e. The number of rotatable bonds is 7. The number of aliphatic hydroxyl groups is 1. The van der Waals surface area contributed by atoms with Crippen LogP contribution in [0.1, 0.15) is 28.8 Å². The Bertz CT molecular complexity index is 793. The zero-order chi connectivity index (χ0) is 20.9. The Morgan fingerprint density at radius 3 is 2.41 bits per heavy atom. The van der Waals surface area contributed by atoms with Crippen molar-refractivity contribution in [3.05, 3.63) is 65.7 Å². The Morgan fingerprint density at radius 2 is 1.76 bits per heavy atom. The summed E-state index contributed by atoms with van der Waals surface area (Å²) in [7, 11) is 0. The molecular formula is C22H24F3NO3. The number of likely N-dealkylation sites (tertiary alicyclic amines) is 1. The number of carbonyl (C=O) groups is 1. The van der Waals surface area contributed by atoms with Crippen molar-refractivity contribution in [3.8, 4) is 5.75 Å². The number of ketones is 1. The van der Waals surface area contributed by atoms with Crippen LogP contribution < -0.4 is 4.74 Å². The van der Waals surface area contributed by atoms with Crippen molar-refractivity contribution in [2.24, 2.45) is 5.92 Å². The van der Waals surface area contributed by atoms with Gasteiger partial charge < -0.3 is 14.7 Å². The molecule has 0 unspecified atom stereocenters. The molecule has 0 spiro atoms. The molecule has 0 bridgehead atoms. The number of alkyl halides is 3. The van der Waals surface area contributed by atoms with E-state index in [0.717, 1.165) is 0 Å². The summed E-state index contributed by atoms with van der Waals surface area (Å²) in [6, 6.07) is 15.5. The molecule has 0 radical (unpaired) electrons. The van der Waals surface area contributed by atoms with E-state index in [9.17, 15) is 23.1 Å². The smallest absolute Gasteiger partial charge is 0.393 e. The minimum atomic E-state index is -4.20. The largest absolute Gasteiger partial charge is 0.491 e. The molecule has 1 aliphatic rings. The predicted molar refractivity (Wildman–Crippen MR) is 103 cm³/mol. The number of hydrogen-bond acceptors (Lipinski definition) is 4. The molecule has 1 heterocycles. The quantitative estimate of drug-likeness (QED) is 0.707. The normalized spacial score (nSPS) is 19.0. The van der Waals surface area contributed by atoms with Crippen LogP contribution in [-0.4, -0.2) is 54.3 Å². The second kappa shape index (κ2) is 9.41. The van der Waals surface area contributed by atoms with E-state index in [1.54, 1.807) is 53.4 Å². The summed E-state index contributed by atoms with van der Waals surface area (Å²) in [6.45, 7) is 0.563. The first-order chi connectivity index (χ1) is 13.8. The molecule has 29 heavy (non-hydrogen) atoms. The average Bonchev–Trinajstić information content (AvgIpc) is 2.72. The summed E-state index contributed by atoms with van der Waals surface area (Å²) >= 11 is 0. The molecule has 0 aromatic heterocycles. The first-order valence-corrected chi connectivity index (χ1v) is 9.62. The Hall–Kier alpha value is -2.38. The predicted octanol–water partition coefficient (Wildman–Crippen LogP) is 3.93. The topological polar surface area (TPSA) is 49.8 Å². The van der Waals surface area contributed by atoms with Gasteiger partial charge in [-0.3, -0.25) is 4.79 Å².